The summed E-state index contributed by atoms with van der Waals surface area (Å²) < 4.78 is 19.8. The average molecular weight is 221 g/mol. The molecule has 0 saturated heterocycles. The highest BCUT2D eigenvalue weighted by Gasteiger charge is 2.32. The fraction of sp³-hybridized carbons (Fsp3) is 0.625. The van der Waals surface area contributed by atoms with Crippen LogP contribution in [0.5, 0.6) is 0 Å². The van der Waals surface area contributed by atoms with Crippen LogP contribution < -0.4 is 0 Å². The van der Waals surface area contributed by atoms with E-state index in [0.29, 0.717) is 0 Å². The fourth-order valence-electron chi connectivity index (χ4n) is 0.600. The molecule has 0 amide bonds. The van der Waals surface area contributed by atoms with Gasteiger partial charge in [-0.2, -0.15) is 0 Å². The number of ether oxygens (including phenoxy) is 1. The SMILES string of the molecule is C=C(C)C(=O)OCC(C)(C)O[P+](=O)O. The molecule has 0 saturated carbocycles. The van der Waals surface area contributed by atoms with E-state index in [9.17, 15) is 9.36 Å². The van der Waals surface area contributed by atoms with Crippen LogP contribution in [0.2, 0.25) is 0 Å². The van der Waals surface area contributed by atoms with Gasteiger partial charge >= 0.3 is 14.2 Å². The van der Waals surface area contributed by atoms with Gasteiger partial charge in [0, 0.05) is 10.1 Å². The average Bonchev–Trinajstić information content (AvgIpc) is 1.97. The van der Waals surface area contributed by atoms with Gasteiger partial charge in [-0.15, -0.1) is 9.42 Å². The van der Waals surface area contributed by atoms with Gasteiger partial charge in [-0.1, -0.05) is 6.58 Å². The van der Waals surface area contributed by atoms with Crippen LogP contribution in [0, 0.1) is 0 Å². The lowest BCUT2D eigenvalue weighted by Gasteiger charge is -2.16. The summed E-state index contributed by atoms with van der Waals surface area (Å²) in [5.74, 6) is -0.546. The molecule has 1 atom stereocenters. The van der Waals surface area contributed by atoms with E-state index in [2.05, 4.69) is 11.1 Å². The first-order chi connectivity index (χ1) is 6.24. The van der Waals surface area contributed by atoms with Crippen LogP contribution in [0.3, 0.4) is 0 Å². The lowest BCUT2D eigenvalue weighted by molar-refractivity contribution is -0.144. The maximum atomic E-state index is 11.0. The molecule has 0 fully saturated rings. The van der Waals surface area contributed by atoms with Crippen molar-refractivity contribution in [3.05, 3.63) is 12.2 Å². The van der Waals surface area contributed by atoms with Crippen molar-refractivity contribution in [2.24, 2.45) is 0 Å². The molecule has 1 N–H and O–H groups in total. The van der Waals surface area contributed by atoms with Gasteiger partial charge in [0.25, 0.3) is 0 Å². The van der Waals surface area contributed by atoms with E-state index in [4.69, 9.17) is 9.63 Å². The Morgan fingerprint density at radius 1 is 1.57 bits per heavy atom. The van der Waals surface area contributed by atoms with Crippen molar-refractivity contribution in [2.45, 2.75) is 26.4 Å². The molecule has 0 aliphatic rings. The lowest BCUT2D eigenvalue weighted by Crippen LogP contribution is -2.29. The summed E-state index contributed by atoms with van der Waals surface area (Å²) in [4.78, 5) is 19.5. The molecule has 5 nitrogen and oxygen atoms in total. The van der Waals surface area contributed by atoms with Gasteiger partial charge in [0.1, 0.15) is 6.61 Å². The minimum absolute atomic E-state index is 0.0969. The third-order valence-corrected chi connectivity index (χ3v) is 1.87. The van der Waals surface area contributed by atoms with Crippen molar-refractivity contribution in [1.82, 2.24) is 0 Å². The number of hydrogen-bond acceptors (Lipinski definition) is 4. The van der Waals surface area contributed by atoms with Crippen LogP contribution in [0.15, 0.2) is 12.2 Å². The van der Waals surface area contributed by atoms with Crippen LogP contribution in [0.1, 0.15) is 20.8 Å². The Hall–Kier alpha value is -0.770. The van der Waals surface area contributed by atoms with Crippen molar-refractivity contribution in [1.29, 1.82) is 0 Å². The number of carbonyl (C=O) groups is 1. The van der Waals surface area contributed by atoms with Gasteiger partial charge in [0.2, 0.25) is 0 Å². The molecule has 0 aliphatic heterocycles. The number of rotatable bonds is 5. The third kappa shape index (κ3) is 5.80. The van der Waals surface area contributed by atoms with Crippen molar-refractivity contribution in [3.63, 3.8) is 0 Å². The zero-order chi connectivity index (χ0) is 11.4. The molecule has 0 radical (unpaired) electrons. The summed E-state index contributed by atoms with van der Waals surface area (Å²) in [6.07, 6.45) is 0. The molecule has 14 heavy (non-hydrogen) atoms. The second-order valence-electron chi connectivity index (χ2n) is 3.45. The molecule has 0 aliphatic carbocycles. The zero-order valence-corrected chi connectivity index (χ0v) is 9.34. The Kier molecular flexibility index (Phi) is 4.91. The molecular formula is C8H14O5P+. The molecule has 0 bridgehead atoms. The second-order valence-corrected chi connectivity index (χ2v) is 4.10. The summed E-state index contributed by atoms with van der Waals surface area (Å²) in [5.41, 5.74) is -0.706. The Balaban J connectivity index is 4.05. The zero-order valence-electron chi connectivity index (χ0n) is 8.44. The molecule has 0 aromatic carbocycles. The van der Waals surface area contributed by atoms with E-state index in [1.54, 1.807) is 13.8 Å². The third-order valence-electron chi connectivity index (χ3n) is 1.22. The Morgan fingerprint density at radius 2 is 2.07 bits per heavy atom. The van der Waals surface area contributed by atoms with Crippen LogP contribution >= 0.6 is 8.25 Å². The Labute approximate surface area is 83.7 Å². The predicted octanol–water partition coefficient (Wildman–Crippen LogP) is 1.55. The Bertz CT molecular complexity index is 258. The molecule has 1 unspecified atom stereocenters. The molecule has 6 heteroatoms. The molecule has 0 aromatic rings. The van der Waals surface area contributed by atoms with E-state index >= 15 is 0 Å². The first kappa shape index (κ1) is 13.2. The van der Waals surface area contributed by atoms with E-state index < -0.39 is 19.8 Å². The topological polar surface area (TPSA) is 72.8 Å². The van der Waals surface area contributed by atoms with Gasteiger partial charge in [-0.05, 0) is 20.8 Å². The van der Waals surface area contributed by atoms with Crippen molar-refractivity contribution in [3.8, 4) is 0 Å². The van der Waals surface area contributed by atoms with Gasteiger partial charge in [0.05, 0.1) is 0 Å². The Morgan fingerprint density at radius 3 is 2.43 bits per heavy atom. The smallest absolute Gasteiger partial charge is 0.459 e. The normalized spacial score (nSPS) is 12.1. The number of carbonyl (C=O) groups excluding carboxylic acids is 1. The largest absolute Gasteiger partial charge is 0.695 e. The minimum atomic E-state index is -2.70. The quantitative estimate of drug-likeness (QED) is 0.433. The molecule has 0 aromatic heterocycles. The summed E-state index contributed by atoms with van der Waals surface area (Å²) in [7, 11) is -2.70. The molecule has 0 heterocycles. The molecule has 0 spiro atoms. The van der Waals surface area contributed by atoms with Crippen LogP contribution in [-0.2, 0) is 18.6 Å². The van der Waals surface area contributed by atoms with E-state index in [-0.39, 0.29) is 12.2 Å². The van der Waals surface area contributed by atoms with Gasteiger partial charge in [-0.3, -0.25) is 0 Å². The monoisotopic (exact) mass is 221 g/mol. The highest BCUT2D eigenvalue weighted by Crippen LogP contribution is 2.25. The predicted molar refractivity (Wildman–Crippen MR) is 50.8 cm³/mol. The van der Waals surface area contributed by atoms with Crippen LogP contribution in [0.4, 0.5) is 0 Å². The van der Waals surface area contributed by atoms with Gasteiger partial charge < -0.3 is 4.74 Å². The minimum Gasteiger partial charge on any atom is -0.459 e. The van der Waals surface area contributed by atoms with E-state index in [0.717, 1.165) is 0 Å². The molecule has 0 rings (SSSR count). The van der Waals surface area contributed by atoms with E-state index in [1.807, 2.05) is 0 Å². The van der Waals surface area contributed by atoms with E-state index in [1.165, 1.54) is 6.92 Å². The van der Waals surface area contributed by atoms with Crippen molar-refractivity contribution >= 4 is 14.2 Å². The summed E-state index contributed by atoms with van der Waals surface area (Å²) in [6, 6.07) is 0. The summed E-state index contributed by atoms with van der Waals surface area (Å²) in [5, 5.41) is 0. The van der Waals surface area contributed by atoms with Crippen LogP contribution in [0.25, 0.3) is 0 Å². The fourth-order valence-corrected chi connectivity index (χ4v) is 1.08. The highest BCUT2D eigenvalue weighted by molar-refractivity contribution is 7.32. The van der Waals surface area contributed by atoms with Crippen molar-refractivity contribution in [2.75, 3.05) is 6.61 Å². The summed E-state index contributed by atoms with van der Waals surface area (Å²) >= 11 is 0. The van der Waals surface area contributed by atoms with Crippen molar-refractivity contribution < 1.29 is 23.5 Å². The maximum Gasteiger partial charge on any atom is 0.695 e. The maximum absolute atomic E-state index is 11.0. The second kappa shape index (κ2) is 5.20. The highest BCUT2D eigenvalue weighted by atomic mass is 31.1. The lowest BCUT2D eigenvalue weighted by atomic mass is 10.2. The van der Waals surface area contributed by atoms with Gasteiger partial charge in [0.15, 0.2) is 5.60 Å². The first-order valence-electron chi connectivity index (χ1n) is 3.92. The number of hydrogen-bond donors (Lipinski definition) is 1. The molecular weight excluding hydrogens is 207 g/mol. The van der Waals surface area contributed by atoms with Crippen LogP contribution in [-0.4, -0.2) is 23.1 Å². The summed E-state index contributed by atoms with van der Waals surface area (Å²) in [6.45, 7) is 7.90. The van der Waals surface area contributed by atoms with Gasteiger partial charge in [-0.25, -0.2) is 4.79 Å². The first-order valence-corrected chi connectivity index (χ1v) is 5.05. The standard InChI is InChI=1S/C8H13O5P/c1-6(2)7(9)12-5-8(3,4)13-14(10)11/h1,5H2,2-4H3/p+1. The number of esters is 1. The molecule has 80 valence electrons.